The maximum Gasteiger partial charge on any atom is 0.245 e. The van der Waals surface area contributed by atoms with Crippen molar-refractivity contribution in [2.45, 2.75) is 16.9 Å². The molecular weight excluding hydrogens is 364 g/mol. The molecule has 0 radical (unpaired) electrons. The Bertz CT molecular complexity index is 649. The highest BCUT2D eigenvalue weighted by Gasteiger charge is 2.39. The summed E-state index contributed by atoms with van der Waals surface area (Å²) >= 11 is 4.81. The van der Waals surface area contributed by atoms with Crippen LogP contribution in [0.4, 0.5) is 0 Å². The second-order valence-electron chi connectivity index (χ2n) is 4.40. The Morgan fingerprint density at radius 2 is 2.30 bits per heavy atom. The molecule has 1 heterocycles. The van der Waals surface area contributed by atoms with Crippen LogP contribution in [0.2, 0.25) is 0 Å². The standard InChI is InChI=1S/C12H13BrN2O3S2/c1-18-10-3-2-9(13)6-11(10)20(16,17)15-12(7-14)4-5-19-8-12/h2-3,6,15H,4-5,8H2,1H3. The van der Waals surface area contributed by atoms with E-state index in [1.807, 2.05) is 0 Å². The molecule has 0 aliphatic carbocycles. The Morgan fingerprint density at radius 1 is 1.55 bits per heavy atom. The van der Waals surface area contributed by atoms with E-state index in [0.717, 1.165) is 5.75 Å². The van der Waals surface area contributed by atoms with Crippen molar-refractivity contribution < 1.29 is 13.2 Å². The third-order valence-electron chi connectivity index (χ3n) is 2.98. The zero-order valence-electron chi connectivity index (χ0n) is 10.7. The Labute approximate surface area is 130 Å². The summed E-state index contributed by atoms with van der Waals surface area (Å²) in [6.45, 7) is 0. The molecule has 1 N–H and O–H groups in total. The molecule has 0 amide bonds. The predicted octanol–water partition coefficient (Wildman–Crippen LogP) is 2.14. The number of benzene rings is 1. The van der Waals surface area contributed by atoms with Crippen molar-refractivity contribution in [2.75, 3.05) is 18.6 Å². The topological polar surface area (TPSA) is 79.2 Å². The molecule has 1 unspecified atom stereocenters. The summed E-state index contributed by atoms with van der Waals surface area (Å²) in [4.78, 5) is 0.0286. The van der Waals surface area contributed by atoms with Gasteiger partial charge in [-0.1, -0.05) is 15.9 Å². The van der Waals surface area contributed by atoms with Crippen LogP contribution < -0.4 is 9.46 Å². The number of methoxy groups -OCH3 is 1. The lowest BCUT2D eigenvalue weighted by Gasteiger charge is -2.21. The summed E-state index contributed by atoms with van der Waals surface area (Å²) in [6, 6.07) is 6.83. The van der Waals surface area contributed by atoms with Crippen LogP contribution in [0.5, 0.6) is 5.75 Å². The summed E-state index contributed by atoms with van der Waals surface area (Å²) in [7, 11) is -2.41. The van der Waals surface area contributed by atoms with E-state index in [9.17, 15) is 13.7 Å². The fourth-order valence-electron chi connectivity index (χ4n) is 1.93. The van der Waals surface area contributed by atoms with Crippen molar-refractivity contribution >= 4 is 37.7 Å². The summed E-state index contributed by atoms with van der Waals surface area (Å²) in [5.74, 6) is 1.48. The predicted molar refractivity (Wildman–Crippen MR) is 81.3 cm³/mol. The summed E-state index contributed by atoms with van der Waals surface area (Å²) in [6.07, 6.45) is 0.504. The zero-order valence-corrected chi connectivity index (χ0v) is 13.9. The second kappa shape index (κ2) is 5.93. The third kappa shape index (κ3) is 3.11. The number of sulfonamides is 1. The maximum atomic E-state index is 12.5. The van der Waals surface area contributed by atoms with Crippen LogP contribution in [0.1, 0.15) is 6.42 Å². The molecule has 108 valence electrons. The molecule has 2 rings (SSSR count). The van der Waals surface area contributed by atoms with Crippen LogP contribution in [-0.4, -0.2) is 32.6 Å². The Kier molecular flexibility index (Phi) is 4.64. The first-order valence-electron chi connectivity index (χ1n) is 5.79. The average molecular weight is 377 g/mol. The summed E-state index contributed by atoms with van der Waals surface area (Å²) in [5.41, 5.74) is -1.03. The molecule has 1 aromatic rings. The molecule has 0 spiro atoms. The van der Waals surface area contributed by atoms with E-state index < -0.39 is 15.6 Å². The Balaban J connectivity index is 2.41. The van der Waals surface area contributed by atoms with Crippen molar-refractivity contribution in [2.24, 2.45) is 0 Å². The van der Waals surface area contributed by atoms with Gasteiger partial charge in [-0.05, 0) is 30.4 Å². The molecule has 1 aliphatic rings. The number of ether oxygens (including phenoxy) is 1. The Hall–Kier alpha value is -0.750. The molecule has 1 aliphatic heterocycles. The fraction of sp³-hybridized carbons (Fsp3) is 0.417. The molecule has 1 atom stereocenters. The number of nitrogens with one attached hydrogen (secondary N) is 1. The van der Waals surface area contributed by atoms with E-state index in [4.69, 9.17) is 4.74 Å². The molecule has 20 heavy (non-hydrogen) atoms. The van der Waals surface area contributed by atoms with Gasteiger partial charge in [-0.15, -0.1) is 0 Å². The molecule has 0 saturated carbocycles. The molecule has 1 fully saturated rings. The van der Waals surface area contributed by atoms with Gasteiger partial charge >= 0.3 is 0 Å². The molecule has 1 aromatic carbocycles. The van der Waals surface area contributed by atoms with Gasteiger partial charge < -0.3 is 4.74 Å². The lowest BCUT2D eigenvalue weighted by Crippen LogP contribution is -2.47. The van der Waals surface area contributed by atoms with Crippen molar-refractivity contribution in [3.63, 3.8) is 0 Å². The minimum Gasteiger partial charge on any atom is -0.495 e. The van der Waals surface area contributed by atoms with Crippen molar-refractivity contribution in [3.05, 3.63) is 22.7 Å². The molecule has 0 bridgehead atoms. The maximum absolute atomic E-state index is 12.5. The van der Waals surface area contributed by atoms with E-state index in [0.29, 0.717) is 16.6 Å². The van der Waals surface area contributed by atoms with Crippen LogP contribution in [0.25, 0.3) is 0 Å². The van der Waals surface area contributed by atoms with Gasteiger partial charge in [-0.25, -0.2) is 8.42 Å². The highest BCUT2D eigenvalue weighted by Crippen LogP contribution is 2.32. The normalized spacial score (nSPS) is 22.4. The van der Waals surface area contributed by atoms with E-state index in [2.05, 4.69) is 26.7 Å². The van der Waals surface area contributed by atoms with Crippen LogP contribution >= 0.6 is 27.7 Å². The number of hydrogen-bond donors (Lipinski definition) is 1. The third-order valence-corrected chi connectivity index (χ3v) is 6.22. The SMILES string of the molecule is COc1ccc(Br)cc1S(=O)(=O)NC1(C#N)CCSC1. The minimum absolute atomic E-state index is 0.0286. The van der Waals surface area contributed by atoms with Gasteiger partial charge in [0.15, 0.2) is 0 Å². The second-order valence-corrected chi connectivity index (χ2v) is 8.07. The average Bonchev–Trinajstić information content (AvgIpc) is 2.87. The van der Waals surface area contributed by atoms with E-state index in [1.54, 1.807) is 23.9 Å². The van der Waals surface area contributed by atoms with E-state index >= 15 is 0 Å². The monoisotopic (exact) mass is 376 g/mol. The quantitative estimate of drug-likeness (QED) is 0.870. The first-order valence-corrected chi connectivity index (χ1v) is 9.22. The number of nitrogens with zero attached hydrogens (tertiary/aromatic N) is 1. The van der Waals surface area contributed by atoms with Crippen LogP contribution in [0.3, 0.4) is 0 Å². The van der Waals surface area contributed by atoms with Crippen molar-refractivity contribution in [1.29, 1.82) is 5.26 Å². The minimum atomic E-state index is -3.82. The number of halogens is 1. The van der Waals surface area contributed by atoms with Gasteiger partial charge in [-0.2, -0.15) is 21.7 Å². The van der Waals surface area contributed by atoms with Crippen molar-refractivity contribution in [3.8, 4) is 11.8 Å². The number of hydrogen-bond acceptors (Lipinski definition) is 5. The fourth-order valence-corrected chi connectivity index (χ4v) is 5.34. The number of rotatable bonds is 4. The number of nitriles is 1. The van der Waals surface area contributed by atoms with Crippen molar-refractivity contribution in [1.82, 2.24) is 4.72 Å². The molecule has 0 aromatic heterocycles. The van der Waals surface area contributed by atoms with E-state index in [-0.39, 0.29) is 10.6 Å². The molecule has 5 nitrogen and oxygen atoms in total. The largest absolute Gasteiger partial charge is 0.495 e. The number of thioether (sulfide) groups is 1. The highest BCUT2D eigenvalue weighted by atomic mass is 79.9. The first kappa shape index (κ1) is 15.6. The molecule has 1 saturated heterocycles. The van der Waals surface area contributed by atoms with Gasteiger partial charge in [0.1, 0.15) is 16.2 Å². The van der Waals surface area contributed by atoms with Crippen LogP contribution in [0, 0.1) is 11.3 Å². The first-order chi connectivity index (χ1) is 9.42. The van der Waals surface area contributed by atoms with Gasteiger partial charge in [0.25, 0.3) is 0 Å². The van der Waals surface area contributed by atoms with Gasteiger partial charge in [0.2, 0.25) is 10.0 Å². The lowest BCUT2D eigenvalue weighted by atomic mass is 10.0. The summed E-state index contributed by atoms with van der Waals surface area (Å²) in [5, 5.41) is 9.28. The van der Waals surface area contributed by atoms with Crippen LogP contribution in [-0.2, 0) is 10.0 Å². The van der Waals surface area contributed by atoms with Crippen LogP contribution in [0.15, 0.2) is 27.6 Å². The smallest absolute Gasteiger partial charge is 0.245 e. The van der Waals surface area contributed by atoms with E-state index in [1.165, 1.54) is 13.2 Å². The lowest BCUT2D eigenvalue weighted by molar-refractivity contribution is 0.401. The molecule has 8 heteroatoms. The highest BCUT2D eigenvalue weighted by molar-refractivity contribution is 9.10. The molecular formula is C12H13BrN2O3S2. The van der Waals surface area contributed by atoms with Gasteiger partial charge in [-0.3, -0.25) is 0 Å². The summed E-state index contributed by atoms with van der Waals surface area (Å²) < 4.78 is 33.3. The van der Waals surface area contributed by atoms with Gasteiger partial charge in [0, 0.05) is 10.2 Å². The zero-order chi connectivity index (χ0) is 14.8. The Morgan fingerprint density at radius 3 is 2.85 bits per heavy atom. The van der Waals surface area contributed by atoms with Gasteiger partial charge in [0.05, 0.1) is 13.2 Å².